The average molecular weight is 223 g/mol. The maximum Gasteiger partial charge on any atom is 0.488 e. The van der Waals surface area contributed by atoms with Crippen LogP contribution in [0.15, 0.2) is 18.2 Å². The van der Waals surface area contributed by atoms with E-state index in [0.717, 1.165) is 24.4 Å². The summed E-state index contributed by atoms with van der Waals surface area (Å²) in [4.78, 5) is 2.12. The maximum atomic E-state index is 9.10. The van der Waals surface area contributed by atoms with Crippen LogP contribution in [0.5, 0.6) is 5.75 Å². The summed E-state index contributed by atoms with van der Waals surface area (Å²) in [7, 11) is 2.18. The first-order valence-corrected chi connectivity index (χ1v) is 5.30. The summed E-state index contributed by atoms with van der Waals surface area (Å²) in [5.41, 5.74) is 1.44. The summed E-state index contributed by atoms with van der Waals surface area (Å²) in [6.07, 6.45) is 0. The summed E-state index contributed by atoms with van der Waals surface area (Å²) < 4.78 is 5.24. The molecular formula is C11H18BNO3. The van der Waals surface area contributed by atoms with Crippen molar-refractivity contribution >= 4 is 12.6 Å². The van der Waals surface area contributed by atoms with Gasteiger partial charge in [-0.15, -0.1) is 0 Å². The molecule has 0 fully saturated rings. The standard InChI is InChI=1S/C11H18BNO3/c1-4-13(2)8-9-7-10(12(14)15)5-6-11(9)16-3/h5-7,14-15H,4,8H2,1-3H3. The number of ether oxygens (including phenoxy) is 1. The number of methoxy groups -OCH3 is 1. The van der Waals surface area contributed by atoms with Gasteiger partial charge in [0.2, 0.25) is 0 Å². The molecule has 2 N–H and O–H groups in total. The van der Waals surface area contributed by atoms with Crippen molar-refractivity contribution in [2.45, 2.75) is 13.5 Å². The van der Waals surface area contributed by atoms with Gasteiger partial charge in [0.25, 0.3) is 0 Å². The SMILES string of the molecule is CCN(C)Cc1cc(B(O)O)ccc1OC. The molecule has 0 saturated carbocycles. The number of nitrogens with zero attached hydrogens (tertiary/aromatic N) is 1. The molecule has 0 atom stereocenters. The fourth-order valence-corrected chi connectivity index (χ4v) is 1.49. The van der Waals surface area contributed by atoms with Gasteiger partial charge in [-0.05, 0) is 25.1 Å². The van der Waals surface area contributed by atoms with Crippen molar-refractivity contribution in [3.8, 4) is 5.75 Å². The molecule has 0 saturated heterocycles. The van der Waals surface area contributed by atoms with E-state index >= 15 is 0 Å². The number of rotatable bonds is 5. The lowest BCUT2D eigenvalue weighted by Crippen LogP contribution is -2.30. The van der Waals surface area contributed by atoms with Gasteiger partial charge < -0.3 is 19.7 Å². The second-order valence-corrected chi connectivity index (χ2v) is 3.78. The molecule has 0 aromatic heterocycles. The van der Waals surface area contributed by atoms with Crippen LogP contribution in [-0.2, 0) is 6.54 Å². The third-order valence-corrected chi connectivity index (χ3v) is 2.58. The second-order valence-electron chi connectivity index (χ2n) is 3.78. The Kier molecular flexibility index (Phi) is 4.80. The van der Waals surface area contributed by atoms with E-state index in [-0.39, 0.29) is 0 Å². The van der Waals surface area contributed by atoms with Crippen LogP contribution in [0.3, 0.4) is 0 Å². The van der Waals surface area contributed by atoms with Crippen molar-refractivity contribution in [1.29, 1.82) is 0 Å². The predicted octanol–water partition coefficient (Wildman–Crippen LogP) is -0.173. The van der Waals surface area contributed by atoms with E-state index in [1.807, 2.05) is 7.05 Å². The first-order valence-electron chi connectivity index (χ1n) is 5.30. The molecule has 4 nitrogen and oxygen atoms in total. The Hall–Kier alpha value is -1.04. The van der Waals surface area contributed by atoms with Crippen LogP contribution in [0, 0.1) is 0 Å². The molecule has 88 valence electrons. The molecule has 0 unspecified atom stereocenters. The molecule has 0 heterocycles. The third-order valence-electron chi connectivity index (χ3n) is 2.58. The Labute approximate surface area is 96.6 Å². The smallest absolute Gasteiger partial charge is 0.488 e. The fraction of sp³-hybridized carbons (Fsp3) is 0.455. The highest BCUT2D eigenvalue weighted by Gasteiger charge is 2.14. The summed E-state index contributed by atoms with van der Waals surface area (Å²) in [5, 5.41) is 18.2. The van der Waals surface area contributed by atoms with E-state index < -0.39 is 7.12 Å². The highest BCUT2D eigenvalue weighted by Crippen LogP contribution is 2.17. The Morgan fingerprint density at radius 3 is 2.56 bits per heavy atom. The van der Waals surface area contributed by atoms with Crippen LogP contribution >= 0.6 is 0 Å². The first-order chi connectivity index (χ1) is 7.58. The fourth-order valence-electron chi connectivity index (χ4n) is 1.49. The zero-order valence-electron chi connectivity index (χ0n) is 9.97. The van der Waals surface area contributed by atoms with Crippen LogP contribution in [0.25, 0.3) is 0 Å². The quantitative estimate of drug-likeness (QED) is 0.680. The highest BCUT2D eigenvalue weighted by molar-refractivity contribution is 6.58. The molecule has 0 aliphatic heterocycles. The molecule has 0 bridgehead atoms. The summed E-state index contributed by atoms with van der Waals surface area (Å²) in [6.45, 7) is 3.71. The van der Waals surface area contributed by atoms with Crippen LogP contribution in [-0.4, -0.2) is 42.8 Å². The summed E-state index contributed by atoms with van der Waals surface area (Å²) >= 11 is 0. The van der Waals surface area contributed by atoms with Crippen LogP contribution in [0.2, 0.25) is 0 Å². The number of benzene rings is 1. The van der Waals surface area contributed by atoms with Gasteiger partial charge in [-0.3, -0.25) is 0 Å². The van der Waals surface area contributed by atoms with Crippen LogP contribution in [0.1, 0.15) is 12.5 Å². The van der Waals surface area contributed by atoms with Crippen molar-refractivity contribution in [2.75, 3.05) is 20.7 Å². The Morgan fingerprint density at radius 1 is 1.38 bits per heavy atom. The van der Waals surface area contributed by atoms with Gasteiger partial charge in [-0.2, -0.15) is 0 Å². The van der Waals surface area contributed by atoms with Crippen molar-refractivity contribution in [3.05, 3.63) is 23.8 Å². The third kappa shape index (κ3) is 3.23. The van der Waals surface area contributed by atoms with Crippen molar-refractivity contribution in [1.82, 2.24) is 4.90 Å². The second kappa shape index (κ2) is 5.89. The molecule has 5 heteroatoms. The topological polar surface area (TPSA) is 52.9 Å². The highest BCUT2D eigenvalue weighted by atomic mass is 16.5. The number of hydrogen-bond donors (Lipinski definition) is 2. The molecule has 0 spiro atoms. The minimum Gasteiger partial charge on any atom is -0.496 e. The van der Waals surface area contributed by atoms with Crippen molar-refractivity contribution in [2.24, 2.45) is 0 Å². The van der Waals surface area contributed by atoms with Crippen LogP contribution < -0.4 is 10.2 Å². The van der Waals surface area contributed by atoms with Crippen molar-refractivity contribution in [3.63, 3.8) is 0 Å². The van der Waals surface area contributed by atoms with Gasteiger partial charge in [-0.1, -0.05) is 19.1 Å². The molecular weight excluding hydrogens is 205 g/mol. The zero-order chi connectivity index (χ0) is 12.1. The molecule has 0 radical (unpaired) electrons. The molecule has 16 heavy (non-hydrogen) atoms. The van der Waals surface area contributed by atoms with E-state index in [1.165, 1.54) is 0 Å². The molecule has 0 aliphatic rings. The summed E-state index contributed by atoms with van der Waals surface area (Å²) in [6, 6.07) is 5.17. The summed E-state index contributed by atoms with van der Waals surface area (Å²) in [5.74, 6) is 0.768. The average Bonchev–Trinajstić information content (AvgIpc) is 2.28. The minimum atomic E-state index is -1.43. The Morgan fingerprint density at radius 2 is 2.06 bits per heavy atom. The van der Waals surface area contributed by atoms with Gasteiger partial charge in [0.05, 0.1) is 7.11 Å². The molecule has 0 amide bonds. The minimum absolute atomic E-state index is 0.486. The zero-order valence-corrected chi connectivity index (χ0v) is 9.97. The molecule has 0 aliphatic carbocycles. The van der Waals surface area contributed by atoms with Gasteiger partial charge in [0.1, 0.15) is 5.75 Å². The van der Waals surface area contributed by atoms with E-state index in [2.05, 4.69) is 11.8 Å². The Bertz CT molecular complexity index is 344. The normalized spacial score (nSPS) is 10.6. The molecule has 1 aromatic carbocycles. The van der Waals surface area contributed by atoms with Crippen molar-refractivity contribution < 1.29 is 14.8 Å². The van der Waals surface area contributed by atoms with E-state index in [0.29, 0.717) is 5.46 Å². The van der Waals surface area contributed by atoms with Gasteiger partial charge >= 0.3 is 7.12 Å². The lowest BCUT2D eigenvalue weighted by Gasteiger charge is -2.17. The Balaban J connectivity index is 2.97. The maximum absolute atomic E-state index is 9.10. The molecule has 1 rings (SSSR count). The predicted molar refractivity (Wildman–Crippen MR) is 64.8 cm³/mol. The lowest BCUT2D eigenvalue weighted by atomic mass is 9.79. The van der Waals surface area contributed by atoms with Gasteiger partial charge in [0, 0.05) is 12.1 Å². The van der Waals surface area contributed by atoms with Gasteiger partial charge in [-0.25, -0.2) is 0 Å². The largest absolute Gasteiger partial charge is 0.496 e. The lowest BCUT2D eigenvalue weighted by molar-refractivity contribution is 0.333. The van der Waals surface area contributed by atoms with E-state index in [4.69, 9.17) is 14.8 Å². The molecule has 1 aromatic rings. The van der Waals surface area contributed by atoms with E-state index in [1.54, 1.807) is 25.3 Å². The number of hydrogen-bond acceptors (Lipinski definition) is 4. The van der Waals surface area contributed by atoms with Gasteiger partial charge in [0.15, 0.2) is 0 Å². The van der Waals surface area contributed by atoms with E-state index in [9.17, 15) is 0 Å². The monoisotopic (exact) mass is 223 g/mol. The first kappa shape index (κ1) is 13.0. The van der Waals surface area contributed by atoms with Crippen LogP contribution in [0.4, 0.5) is 0 Å².